The Balaban J connectivity index is 4.21. The van der Waals surface area contributed by atoms with Crippen LogP contribution in [-0.2, 0) is 4.74 Å². The molecule has 0 saturated carbocycles. The molecule has 0 aliphatic rings. The first-order valence-corrected chi connectivity index (χ1v) is 5.84. The predicted molar refractivity (Wildman–Crippen MR) is 63.8 cm³/mol. The Labute approximate surface area is 93.7 Å². The lowest BCUT2D eigenvalue weighted by atomic mass is 9.79. The third-order valence-electron chi connectivity index (χ3n) is 2.93. The molecule has 2 heteroatoms. The molecule has 0 fully saturated rings. The Morgan fingerprint density at radius 2 is 2.20 bits per heavy atom. The minimum absolute atomic E-state index is 0.326. The Morgan fingerprint density at radius 3 is 2.67 bits per heavy atom. The largest absolute Gasteiger partial charge is 0.384 e. The molecule has 90 valence electrons. The highest BCUT2D eigenvalue weighted by Gasteiger charge is 2.33. The highest BCUT2D eigenvalue weighted by Crippen LogP contribution is 2.33. The van der Waals surface area contributed by atoms with Gasteiger partial charge in [-0.15, -0.1) is 6.58 Å². The van der Waals surface area contributed by atoms with Crippen LogP contribution < -0.4 is 0 Å². The van der Waals surface area contributed by atoms with E-state index in [1.165, 1.54) is 0 Å². The number of unbranched alkanes of at least 4 members (excludes halogenated alkanes) is 1. The van der Waals surface area contributed by atoms with Crippen LogP contribution in [0.1, 0.15) is 46.0 Å². The van der Waals surface area contributed by atoms with Gasteiger partial charge in [-0.25, -0.2) is 4.39 Å². The van der Waals surface area contributed by atoms with Crippen molar-refractivity contribution in [3.8, 4) is 0 Å². The first kappa shape index (κ1) is 14.6. The molecular weight excluding hydrogens is 191 g/mol. The van der Waals surface area contributed by atoms with Gasteiger partial charge in [0.25, 0.3) is 0 Å². The minimum atomic E-state index is -0.757. The maximum Gasteiger partial charge on any atom is 0.108 e. The molecule has 0 bridgehead atoms. The van der Waals surface area contributed by atoms with Crippen LogP contribution in [0.3, 0.4) is 0 Å². The van der Waals surface area contributed by atoms with E-state index in [-0.39, 0.29) is 5.41 Å². The van der Waals surface area contributed by atoms with Crippen LogP contribution in [0.15, 0.2) is 12.7 Å². The second kappa shape index (κ2) is 7.86. The van der Waals surface area contributed by atoms with Crippen LogP contribution >= 0.6 is 0 Å². The molecule has 0 aromatic rings. The summed E-state index contributed by atoms with van der Waals surface area (Å²) in [4.78, 5) is 0. The van der Waals surface area contributed by atoms with Gasteiger partial charge < -0.3 is 4.74 Å². The number of ether oxygens (including phenoxy) is 1. The summed E-state index contributed by atoms with van der Waals surface area (Å²) >= 11 is 0. The molecule has 0 aromatic heterocycles. The average molecular weight is 216 g/mol. The normalized spacial score (nSPS) is 17.1. The summed E-state index contributed by atoms with van der Waals surface area (Å²) in [5.41, 5.74) is -0.326. The second-order valence-corrected chi connectivity index (χ2v) is 4.52. The van der Waals surface area contributed by atoms with Gasteiger partial charge in [-0.1, -0.05) is 26.3 Å². The van der Waals surface area contributed by atoms with Gasteiger partial charge in [0.1, 0.15) is 6.17 Å². The zero-order valence-corrected chi connectivity index (χ0v) is 10.4. The van der Waals surface area contributed by atoms with Crippen LogP contribution in [0.25, 0.3) is 0 Å². The molecule has 0 radical (unpaired) electrons. The monoisotopic (exact) mass is 216 g/mol. The second-order valence-electron chi connectivity index (χ2n) is 4.52. The van der Waals surface area contributed by atoms with E-state index >= 15 is 0 Å². The highest BCUT2D eigenvalue weighted by atomic mass is 19.1. The first-order chi connectivity index (χ1) is 7.10. The Kier molecular flexibility index (Phi) is 7.67. The van der Waals surface area contributed by atoms with Gasteiger partial charge in [0.05, 0.1) is 6.61 Å². The van der Waals surface area contributed by atoms with Gasteiger partial charge in [-0.3, -0.25) is 0 Å². The zero-order valence-electron chi connectivity index (χ0n) is 10.4. The SMILES string of the molecule is C=CCCC[C@](C)(COC)[C@H](F)CCC. The molecule has 0 saturated heterocycles. The van der Waals surface area contributed by atoms with Crippen molar-refractivity contribution < 1.29 is 9.13 Å². The van der Waals surface area contributed by atoms with E-state index in [0.717, 1.165) is 25.7 Å². The fraction of sp³-hybridized carbons (Fsp3) is 0.846. The third kappa shape index (κ3) is 5.31. The van der Waals surface area contributed by atoms with E-state index in [1.807, 2.05) is 19.9 Å². The van der Waals surface area contributed by atoms with Crippen LogP contribution in [0.2, 0.25) is 0 Å². The van der Waals surface area contributed by atoms with Crippen molar-refractivity contribution >= 4 is 0 Å². The van der Waals surface area contributed by atoms with Gasteiger partial charge in [-0.05, 0) is 25.7 Å². The number of hydrogen-bond donors (Lipinski definition) is 0. The van der Waals surface area contributed by atoms with Crippen molar-refractivity contribution in [2.45, 2.75) is 52.1 Å². The zero-order chi connectivity index (χ0) is 11.7. The van der Waals surface area contributed by atoms with E-state index in [9.17, 15) is 4.39 Å². The molecule has 0 rings (SSSR count). The van der Waals surface area contributed by atoms with Gasteiger partial charge in [-0.2, -0.15) is 0 Å². The highest BCUT2D eigenvalue weighted by molar-refractivity contribution is 4.83. The van der Waals surface area contributed by atoms with E-state index in [2.05, 4.69) is 6.58 Å². The summed E-state index contributed by atoms with van der Waals surface area (Å²) in [7, 11) is 1.64. The Bertz CT molecular complexity index is 170. The minimum Gasteiger partial charge on any atom is -0.384 e. The summed E-state index contributed by atoms with van der Waals surface area (Å²) in [5, 5.41) is 0. The summed E-state index contributed by atoms with van der Waals surface area (Å²) in [6.07, 6.45) is 5.47. The predicted octanol–water partition coefficient (Wildman–Crippen LogP) is 4.13. The van der Waals surface area contributed by atoms with Crippen molar-refractivity contribution in [2.75, 3.05) is 13.7 Å². The van der Waals surface area contributed by atoms with Gasteiger partial charge in [0, 0.05) is 12.5 Å². The topological polar surface area (TPSA) is 9.23 Å². The lowest BCUT2D eigenvalue weighted by Gasteiger charge is -2.32. The summed E-state index contributed by atoms with van der Waals surface area (Å²) < 4.78 is 19.1. The standard InChI is InChI=1S/C13H25FO/c1-5-7-8-10-13(3,11-15-4)12(14)9-6-2/h5,12H,1,6-11H2,2-4H3/t12-,13-/m1/s1. The lowest BCUT2D eigenvalue weighted by molar-refractivity contribution is 0.0138. The van der Waals surface area contributed by atoms with Crippen molar-refractivity contribution in [1.29, 1.82) is 0 Å². The van der Waals surface area contributed by atoms with E-state index in [4.69, 9.17) is 4.74 Å². The summed E-state index contributed by atoms with van der Waals surface area (Å²) in [5.74, 6) is 0. The van der Waals surface area contributed by atoms with Crippen LogP contribution in [0.5, 0.6) is 0 Å². The molecule has 1 nitrogen and oxygen atoms in total. The molecule has 0 amide bonds. The van der Waals surface area contributed by atoms with Gasteiger partial charge in [0.15, 0.2) is 0 Å². The summed E-state index contributed by atoms with van der Waals surface area (Å²) in [6, 6.07) is 0. The molecule has 0 aromatic carbocycles. The molecular formula is C13H25FO. The fourth-order valence-electron chi connectivity index (χ4n) is 1.90. The number of alkyl halides is 1. The molecule has 0 aliphatic heterocycles. The molecule has 0 unspecified atom stereocenters. The van der Waals surface area contributed by atoms with Crippen LogP contribution in [0.4, 0.5) is 4.39 Å². The van der Waals surface area contributed by atoms with Gasteiger partial charge in [0.2, 0.25) is 0 Å². The molecule has 0 aliphatic carbocycles. The van der Waals surface area contributed by atoms with Crippen LogP contribution in [0, 0.1) is 5.41 Å². The maximum absolute atomic E-state index is 14.0. The number of halogens is 1. The summed E-state index contributed by atoms with van der Waals surface area (Å²) in [6.45, 7) is 8.19. The van der Waals surface area contributed by atoms with E-state index in [1.54, 1.807) is 7.11 Å². The number of allylic oxidation sites excluding steroid dienone is 1. The molecule has 2 atom stereocenters. The molecule has 0 heterocycles. The smallest absolute Gasteiger partial charge is 0.108 e. The Hall–Kier alpha value is -0.370. The van der Waals surface area contributed by atoms with E-state index < -0.39 is 6.17 Å². The maximum atomic E-state index is 14.0. The third-order valence-corrected chi connectivity index (χ3v) is 2.93. The lowest BCUT2D eigenvalue weighted by Crippen LogP contribution is -2.33. The Morgan fingerprint density at radius 1 is 1.53 bits per heavy atom. The molecule has 15 heavy (non-hydrogen) atoms. The number of rotatable bonds is 9. The average Bonchev–Trinajstić information content (AvgIpc) is 2.19. The van der Waals surface area contributed by atoms with E-state index in [0.29, 0.717) is 13.0 Å². The quantitative estimate of drug-likeness (QED) is 0.416. The molecule has 0 spiro atoms. The van der Waals surface area contributed by atoms with Crippen LogP contribution in [-0.4, -0.2) is 19.9 Å². The van der Waals surface area contributed by atoms with Crippen molar-refractivity contribution in [1.82, 2.24) is 0 Å². The first-order valence-electron chi connectivity index (χ1n) is 5.84. The number of hydrogen-bond acceptors (Lipinski definition) is 1. The fourth-order valence-corrected chi connectivity index (χ4v) is 1.90. The van der Waals surface area contributed by atoms with Gasteiger partial charge >= 0.3 is 0 Å². The van der Waals surface area contributed by atoms with Crippen molar-refractivity contribution in [2.24, 2.45) is 5.41 Å². The number of methoxy groups -OCH3 is 1. The van der Waals surface area contributed by atoms with Crippen molar-refractivity contribution in [3.63, 3.8) is 0 Å². The van der Waals surface area contributed by atoms with Crippen molar-refractivity contribution in [3.05, 3.63) is 12.7 Å². The molecule has 0 N–H and O–H groups in total.